The zero-order valence-corrected chi connectivity index (χ0v) is 13.3. The summed E-state index contributed by atoms with van der Waals surface area (Å²) in [5.74, 6) is 1.38. The predicted octanol–water partition coefficient (Wildman–Crippen LogP) is 0.505. The Morgan fingerprint density at radius 1 is 1.00 bits per heavy atom. The van der Waals surface area contributed by atoms with Crippen molar-refractivity contribution < 1.29 is 21.5 Å². The Hall–Kier alpha value is 0.240. The molecule has 0 fully saturated rings. The molecule has 1 aromatic rings. The first kappa shape index (κ1) is 17.2. The molecule has 0 aliphatic rings. The lowest BCUT2D eigenvalue weighted by molar-refractivity contribution is -0.935. The summed E-state index contributed by atoms with van der Waals surface area (Å²) >= 11 is 11.8. The van der Waals surface area contributed by atoms with Gasteiger partial charge in [0.1, 0.15) is 6.54 Å². The first-order valence-corrected chi connectivity index (χ1v) is 6.84. The summed E-state index contributed by atoms with van der Waals surface area (Å²) in [6, 6.07) is 10.6. The Morgan fingerprint density at radius 3 is 1.94 bits per heavy atom. The highest BCUT2D eigenvalue weighted by Crippen LogP contribution is 2.15. The molecule has 98 valence electrons. The normalized spacial score (nSPS) is 11.0. The molecule has 1 aromatic carbocycles. The van der Waals surface area contributed by atoms with Gasteiger partial charge in [-0.2, -0.15) is 0 Å². The number of nitrogens with zero attached hydrogens (tertiary/aromatic N) is 1. The Morgan fingerprint density at radius 2 is 1.53 bits per heavy atom. The van der Waals surface area contributed by atoms with Crippen molar-refractivity contribution in [1.29, 1.82) is 0 Å². The van der Waals surface area contributed by atoms with Crippen molar-refractivity contribution in [3.05, 3.63) is 35.9 Å². The topological polar surface area (TPSA) is 0 Å². The summed E-state index contributed by atoms with van der Waals surface area (Å²) in [6.07, 6.45) is 0. The first-order chi connectivity index (χ1) is 7.76. The summed E-state index contributed by atoms with van der Waals surface area (Å²) in [5.41, 5.74) is 1.36. The van der Waals surface area contributed by atoms with Gasteiger partial charge < -0.3 is 21.5 Å². The number of alkyl halides is 2. The summed E-state index contributed by atoms with van der Waals surface area (Å²) < 4.78 is 0.983. The van der Waals surface area contributed by atoms with Gasteiger partial charge in [-0.1, -0.05) is 30.3 Å². The van der Waals surface area contributed by atoms with E-state index in [1.54, 1.807) is 0 Å². The number of rotatable bonds is 7. The number of hydrogen-bond acceptors (Lipinski definition) is 0. The van der Waals surface area contributed by atoms with Crippen molar-refractivity contribution >= 4 is 23.2 Å². The molecular formula is C13H20BrCl2N. The molecule has 0 saturated carbocycles. The van der Waals surface area contributed by atoms with Crippen molar-refractivity contribution in [2.45, 2.75) is 13.5 Å². The third-order valence-electron chi connectivity index (χ3n) is 3.15. The van der Waals surface area contributed by atoms with Crippen molar-refractivity contribution in [3.8, 4) is 0 Å². The van der Waals surface area contributed by atoms with Gasteiger partial charge in [-0.25, -0.2) is 0 Å². The summed E-state index contributed by atoms with van der Waals surface area (Å²) in [6.45, 7) is 6.28. The fourth-order valence-electron chi connectivity index (χ4n) is 2.03. The van der Waals surface area contributed by atoms with Gasteiger partial charge in [-0.15, -0.1) is 23.2 Å². The van der Waals surface area contributed by atoms with Crippen LogP contribution in [0.5, 0.6) is 0 Å². The van der Waals surface area contributed by atoms with E-state index in [0.29, 0.717) is 11.8 Å². The van der Waals surface area contributed by atoms with E-state index in [4.69, 9.17) is 23.2 Å². The number of hydrogen-bond donors (Lipinski definition) is 0. The Kier molecular flexibility index (Phi) is 9.34. The van der Waals surface area contributed by atoms with Crippen LogP contribution in [0.3, 0.4) is 0 Å². The van der Waals surface area contributed by atoms with Crippen molar-refractivity contribution in [1.82, 2.24) is 0 Å². The second-order valence-electron chi connectivity index (χ2n) is 4.13. The minimum atomic E-state index is 0. The highest BCUT2D eigenvalue weighted by molar-refractivity contribution is 6.18. The van der Waals surface area contributed by atoms with Crippen molar-refractivity contribution in [3.63, 3.8) is 0 Å². The van der Waals surface area contributed by atoms with E-state index in [0.717, 1.165) is 30.7 Å². The highest BCUT2D eigenvalue weighted by atomic mass is 79.9. The molecule has 0 heterocycles. The molecule has 0 aromatic heterocycles. The average molecular weight is 341 g/mol. The lowest BCUT2D eigenvalue weighted by Gasteiger charge is -2.37. The molecule has 1 rings (SSSR count). The van der Waals surface area contributed by atoms with E-state index in [9.17, 15) is 0 Å². The number of halogens is 3. The van der Waals surface area contributed by atoms with E-state index < -0.39 is 0 Å². The van der Waals surface area contributed by atoms with Gasteiger partial charge in [0.25, 0.3) is 0 Å². The molecule has 0 atom stereocenters. The molecule has 0 amide bonds. The minimum Gasteiger partial charge on any atom is -1.00 e. The summed E-state index contributed by atoms with van der Waals surface area (Å²) in [7, 11) is 0. The van der Waals surface area contributed by atoms with E-state index in [2.05, 4.69) is 31.2 Å². The van der Waals surface area contributed by atoms with Crippen LogP contribution in [0.4, 0.5) is 0 Å². The zero-order valence-electron chi connectivity index (χ0n) is 10.2. The van der Waals surface area contributed by atoms with Crippen LogP contribution in [0.15, 0.2) is 30.3 Å². The lowest BCUT2D eigenvalue weighted by atomic mass is 10.2. The van der Waals surface area contributed by atoms with Crippen LogP contribution in [-0.2, 0) is 6.54 Å². The zero-order chi connectivity index (χ0) is 11.9. The van der Waals surface area contributed by atoms with Gasteiger partial charge in [-0.05, 0) is 6.92 Å². The maximum absolute atomic E-state index is 5.91. The van der Waals surface area contributed by atoms with E-state index >= 15 is 0 Å². The monoisotopic (exact) mass is 339 g/mol. The van der Waals surface area contributed by atoms with Crippen molar-refractivity contribution in [2.24, 2.45) is 0 Å². The van der Waals surface area contributed by atoms with Gasteiger partial charge >= 0.3 is 0 Å². The standard InChI is InChI=1S/C13H20Cl2N.BrH/c1-2-16(10-8-14,11-9-15)12-13-6-4-3-5-7-13;/h3-7H,2,8-12H2,1H3;1H/q+1;/p-1. The van der Waals surface area contributed by atoms with Crippen LogP contribution in [-0.4, -0.2) is 35.9 Å². The van der Waals surface area contributed by atoms with Crippen LogP contribution >= 0.6 is 23.2 Å². The van der Waals surface area contributed by atoms with Gasteiger partial charge in [0.2, 0.25) is 0 Å². The molecule has 0 aliphatic heterocycles. The Balaban J connectivity index is 0.00000256. The lowest BCUT2D eigenvalue weighted by Crippen LogP contribution is -3.00. The van der Waals surface area contributed by atoms with Crippen LogP contribution in [0.2, 0.25) is 0 Å². The van der Waals surface area contributed by atoms with Gasteiger partial charge in [-0.3, -0.25) is 0 Å². The molecule has 17 heavy (non-hydrogen) atoms. The average Bonchev–Trinajstić information content (AvgIpc) is 2.31. The SMILES string of the molecule is CC[N+](CCCl)(CCCl)Cc1ccccc1.[Br-]. The fourth-order valence-corrected chi connectivity index (χ4v) is 2.74. The van der Waals surface area contributed by atoms with Crippen LogP contribution in [0.25, 0.3) is 0 Å². The Bertz CT molecular complexity index is 287. The smallest absolute Gasteiger partial charge is 0.104 e. The molecule has 0 spiro atoms. The molecule has 1 nitrogen and oxygen atoms in total. The molecule has 0 N–H and O–H groups in total. The van der Waals surface area contributed by atoms with Crippen molar-refractivity contribution in [2.75, 3.05) is 31.4 Å². The van der Waals surface area contributed by atoms with Gasteiger partial charge in [0.15, 0.2) is 0 Å². The van der Waals surface area contributed by atoms with Crippen LogP contribution in [0, 0.1) is 0 Å². The largest absolute Gasteiger partial charge is 1.00 e. The van der Waals surface area contributed by atoms with E-state index in [1.807, 2.05) is 6.07 Å². The molecule has 0 aliphatic carbocycles. The third-order valence-corrected chi connectivity index (χ3v) is 3.49. The predicted molar refractivity (Wildman–Crippen MR) is 72.1 cm³/mol. The van der Waals surface area contributed by atoms with Crippen LogP contribution < -0.4 is 17.0 Å². The maximum atomic E-state index is 5.91. The second kappa shape index (κ2) is 9.21. The highest BCUT2D eigenvalue weighted by Gasteiger charge is 2.24. The number of benzene rings is 1. The number of quaternary nitrogens is 1. The maximum Gasteiger partial charge on any atom is 0.104 e. The molecule has 0 radical (unpaired) electrons. The van der Waals surface area contributed by atoms with Gasteiger partial charge in [0, 0.05) is 5.56 Å². The molecule has 0 bridgehead atoms. The molecule has 0 saturated heterocycles. The summed E-state index contributed by atoms with van der Waals surface area (Å²) in [4.78, 5) is 0. The first-order valence-electron chi connectivity index (χ1n) is 5.77. The quantitative estimate of drug-likeness (QED) is 0.501. The second-order valence-corrected chi connectivity index (χ2v) is 4.88. The molecule has 0 unspecified atom stereocenters. The van der Waals surface area contributed by atoms with Gasteiger partial charge in [0.05, 0.1) is 31.4 Å². The molecular weight excluding hydrogens is 321 g/mol. The fraction of sp³-hybridized carbons (Fsp3) is 0.538. The summed E-state index contributed by atoms with van der Waals surface area (Å²) in [5, 5.41) is 0. The minimum absolute atomic E-state index is 0. The Labute approximate surface area is 125 Å². The molecule has 4 heteroatoms. The third kappa shape index (κ3) is 5.60. The van der Waals surface area contributed by atoms with E-state index in [1.165, 1.54) is 5.56 Å². The van der Waals surface area contributed by atoms with E-state index in [-0.39, 0.29) is 17.0 Å². The van der Waals surface area contributed by atoms with Crippen LogP contribution in [0.1, 0.15) is 12.5 Å².